The van der Waals surface area contributed by atoms with Crippen molar-refractivity contribution in [1.29, 1.82) is 10.5 Å². The van der Waals surface area contributed by atoms with E-state index in [1.165, 1.54) is 22.7 Å². The Morgan fingerprint density at radius 3 is 1.25 bits per heavy atom. The van der Waals surface area contributed by atoms with Crippen molar-refractivity contribution in [2.45, 2.75) is 169 Å². The molecular formula is C85H100B2N6O6S2. The van der Waals surface area contributed by atoms with Gasteiger partial charge in [0.2, 0.25) is 0 Å². The van der Waals surface area contributed by atoms with Gasteiger partial charge in [0.15, 0.2) is 0 Å². The van der Waals surface area contributed by atoms with E-state index in [0.717, 1.165) is 77.4 Å². The molecule has 4 aromatic heterocycles. The molecule has 0 N–H and O–H groups in total. The van der Waals surface area contributed by atoms with Crippen molar-refractivity contribution in [3.63, 3.8) is 0 Å². The van der Waals surface area contributed by atoms with Gasteiger partial charge in [-0.2, -0.15) is 10.5 Å². The van der Waals surface area contributed by atoms with Crippen molar-refractivity contribution in [2.75, 3.05) is 13.2 Å². The van der Waals surface area contributed by atoms with Crippen LogP contribution in [0.2, 0.25) is 0 Å². The van der Waals surface area contributed by atoms with Crippen LogP contribution in [0, 0.1) is 86.8 Å². The zero-order valence-electron chi connectivity index (χ0n) is 62.4. The van der Waals surface area contributed by atoms with Crippen molar-refractivity contribution < 1.29 is 28.1 Å². The number of ether oxygens (including phenoxy) is 2. The number of benzene rings is 6. The summed E-state index contributed by atoms with van der Waals surface area (Å²) >= 11 is 2.89. The summed E-state index contributed by atoms with van der Waals surface area (Å²) in [7, 11) is -2.41. The van der Waals surface area contributed by atoms with Crippen LogP contribution in [0.5, 0.6) is 34.5 Å². The molecule has 0 spiro atoms. The van der Waals surface area contributed by atoms with Crippen LogP contribution in [0.25, 0.3) is 64.9 Å². The minimum absolute atomic E-state index is 0.123. The van der Waals surface area contributed by atoms with Gasteiger partial charge < -0.3 is 37.0 Å². The normalized spacial score (nSPS) is 15.7. The fourth-order valence-electron chi connectivity index (χ4n) is 15.9. The summed E-state index contributed by atoms with van der Waals surface area (Å²) in [5.74, 6) is 5.87. The van der Waals surface area contributed by atoms with E-state index in [0.29, 0.717) is 125 Å². The fraction of sp³-hybridized carbons (Fsp3) is 0.435. The zero-order chi connectivity index (χ0) is 71.9. The molecule has 0 fully saturated rings. The molecule has 0 saturated carbocycles. The number of fused-ring (bicyclic) bond motifs is 5. The lowest BCUT2D eigenvalue weighted by atomic mass is 9.76. The number of hydrogen-bond donors (Lipinski definition) is 0. The Kier molecular flexibility index (Phi) is 21.1. The molecule has 6 atom stereocenters. The van der Waals surface area contributed by atoms with Gasteiger partial charge in [0, 0.05) is 21.9 Å². The smallest absolute Gasteiger partial charge is 0.503 e. The van der Waals surface area contributed by atoms with E-state index < -0.39 is 14.5 Å². The summed E-state index contributed by atoms with van der Waals surface area (Å²) in [6.07, 6.45) is 8.65. The number of nitrogens with zero attached hydrogens (tertiary/aromatic N) is 6. The van der Waals surface area contributed by atoms with Crippen LogP contribution in [0.1, 0.15) is 178 Å². The quantitative estimate of drug-likeness (QED) is 0.0537. The molecule has 12 nitrogen and oxygen atoms in total. The van der Waals surface area contributed by atoms with E-state index in [4.69, 9.17) is 38.1 Å². The first-order valence-electron chi connectivity index (χ1n) is 36.4. The number of thiazole rings is 2. The van der Waals surface area contributed by atoms with E-state index in [2.05, 4.69) is 172 Å². The Balaban J connectivity index is 1.17. The summed E-state index contributed by atoms with van der Waals surface area (Å²) in [5, 5.41) is 27.9. The molecule has 101 heavy (non-hydrogen) atoms. The number of para-hydroxylation sites is 5. The zero-order valence-corrected chi connectivity index (χ0v) is 64.1. The van der Waals surface area contributed by atoms with Crippen LogP contribution >= 0.6 is 22.7 Å². The van der Waals surface area contributed by atoms with Gasteiger partial charge >= 0.3 is 14.5 Å². The van der Waals surface area contributed by atoms with Gasteiger partial charge in [-0.25, -0.2) is 9.97 Å². The molecule has 0 saturated heterocycles. The lowest BCUT2D eigenvalue weighted by Gasteiger charge is -2.31. The van der Waals surface area contributed by atoms with Crippen molar-refractivity contribution in [3.05, 3.63) is 166 Å². The minimum atomic E-state index is -1.20. The maximum absolute atomic E-state index is 12.4. The third kappa shape index (κ3) is 16.7. The van der Waals surface area contributed by atoms with Crippen LogP contribution in [0.3, 0.4) is 0 Å². The molecule has 12 rings (SSSR count). The van der Waals surface area contributed by atoms with E-state index in [-0.39, 0.29) is 44.6 Å². The molecular weight excluding hydrogens is 1290 g/mol. The monoisotopic (exact) mass is 1390 g/mol. The van der Waals surface area contributed by atoms with Gasteiger partial charge in [0.1, 0.15) is 67.8 Å². The summed E-state index contributed by atoms with van der Waals surface area (Å²) < 4.78 is 48.7. The Hall–Kier alpha value is -8.43. The van der Waals surface area contributed by atoms with Crippen LogP contribution in [-0.2, 0) is 0 Å². The molecule has 2 aliphatic heterocycles. The van der Waals surface area contributed by atoms with Gasteiger partial charge in [-0.3, -0.25) is 0 Å². The number of rotatable bonds is 24. The molecule has 0 radical (unpaired) electrons. The SMILES string of the molecule is Cc1ccc2sc(/C(C#N)=c3/c4c(-c5cccc(OCC(CCC(C)CC(C)(C)C)C(C)CC(C)(C)C)c5)n(B5Oc6ccccc6O5)/c(=C(/C#N)c5nc6ccccc6s5)c4c(-c4cccc(OCC(CCC(C)CC(C)(C)C)C(C)CC(C)(C)C)c4)n3B3Oc4ccccc4O3)nc2c1. The lowest BCUT2D eigenvalue weighted by Crippen LogP contribution is -2.44. The molecule has 0 aliphatic carbocycles. The standard InChI is InChI=1S/C85H100B2N6O6S2/c1-53-38-41-73-67(42-53)91-81(101-73)65(50-89)79-75-74(76(93(79)87-98-70-33-21-22-34-71(70)99-87)58-26-24-28-62(43-58)94-51-60(56(4)47-84(12,13)14)39-36-54(2)45-82(6,7)8)78(64(49-88)80-90-66-30-18-23-35-72(66)100-80)92(86-96-68-31-19-20-32-69(68)97-86)77(75)59-27-25-29-63(44-59)95-52-61(57(5)48-85(15,16)17)40-37-55(3)46-83(9,10)11/h18-35,38,41-44,54-57,60-61H,36-37,39-40,45-48,51-52H2,1-17H3/b78-64-,79-65-. The largest absolute Gasteiger partial charge is 0.743 e. The Morgan fingerprint density at radius 1 is 0.465 bits per heavy atom. The maximum atomic E-state index is 12.4. The number of aryl methyl sites for hydroxylation is 1. The first-order valence-corrected chi connectivity index (χ1v) is 38.0. The van der Waals surface area contributed by atoms with E-state index >= 15 is 0 Å². The Morgan fingerprint density at radius 2 is 0.851 bits per heavy atom. The Labute approximate surface area is 607 Å². The highest BCUT2D eigenvalue weighted by Gasteiger charge is 2.46. The van der Waals surface area contributed by atoms with Crippen molar-refractivity contribution >= 4 is 79.5 Å². The van der Waals surface area contributed by atoms with Gasteiger partial charge in [0.05, 0.1) is 55.7 Å². The molecule has 10 aromatic rings. The van der Waals surface area contributed by atoms with Crippen LogP contribution in [0.15, 0.2) is 140 Å². The molecule has 524 valence electrons. The number of aromatic nitrogens is 4. The fourth-order valence-corrected chi connectivity index (χ4v) is 17.8. The third-order valence-corrected chi connectivity index (χ3v) is 21.9. The summed E-state index contributed by atoms with van der Waals surface area (Å²) in [4.78, 5) is 10.6. The topological polar surface area (TPSA) is 139 Å². The van der Waals surface area contributed by atoms with E-state index in [1.807, 2.05) is 106 Å². The summed E-state index contributed by atoms with van der Waals surface area (Å²) in [6.45, 7) is 40.6. The van der Waals surface area contributed by atoms with Gasteiger partial charge in [-0.1, -0.05) is 190 Å². The molecule has 16 heteroatoms. The lowest BCUT2D eigenvalue weighted by molar-refractivity contribution is 0.147. The van der Waals surface area contributed by atoms with Gasteiger partial charge in [0.25, 0.3) is 0 Å². The molecule has 6 aromatic carbocycles. The predicted molar refractivity (Wildman–Crippen MR) is 417 cm³/mol. The second-order valence-corrected chi connectivity index (χ2v) is 36.0. The average Bonchev–Trinajstić information content (AvgIpc) is 1.52. The van der Waals surface area contributed by atoms with Gasteiger partial charge in [-0.05, 0) is 181 Å². The maximum Gasteiger partial charge on any atom is 0.743 e. The van der Waals surface area contributed by atoms with Gasteiger partial charge in [-0.15, -0.1) is 22.7 Å². The first-order chi connectivity index (χ1) is 48.0. The average molecular weight is 1390 g/mol. The van der Waals surface area contributed by atoms with Crippen LogP contribution < -0.4 is 38.8 Å². The van der Waals surface area contributed by atoms with Crippen molar-refractivity contribution in [2.24, 2.45) is 57.2 Å². The molecule has 2 aliphatic rings. The van der Waals surface area contributed by atoms with E-state index in [1.54, 1.807) is 0 Å². The van der Waals surface area contributed by atoms with Crippen LogP contribution in [0.4, 0.5) is 0 Å². The van der Waals surface area contributed by atoms with Crippen LogP contribution in [-0.4, -0.2) is 46.6 Å². The second-order valence-electron chi connectivity index (χ2n) is 33.9. The second kappa shape index (κ2) is 29.5. The highest BCUT2D eigenvalue weighted by molar-refractivity contribution is 7.20. The highest BCUT2D eigenvalue weighted by atomic mass is 32.1. The molecule has 6 heterocycles. The summed E-state index contributed by atoms with van der Waals surface area (Å²) in [5.41, 5.74) is 6.36. The predicted octanol–water partition coefficient (Wildman–Crippen LogP) is 21.2. The number of nitriles is 2. The molecule has 6 unspecified atom stereocenters. The Bertz CT molecular complexity index is 4690. The number of hydrogen-bond acceptors (Lipinski definition) is 12. The highest BCUT2D eigenvalue weighted by Crippen LogP contribution is 2.45. The van der Waals surface area contributed by atoms with E-state index in [9.17, 15) is 10.5 Å². The van der Waals surface area contributed by atoms with Crippen molar-refractivity contribution in [1.82, 2.24) is 18.9 Å². The minimum Gasteiger partial charge on any atom is -0.503 e. The molecule has 0 amide bonds. The first kappa shape index (κ1) is 72.4. The summed E-state index contributed by atoms with van der Waals surface area (Å²) in [6, 6.07) is 51.5. The molecule has 0 bridgehead atoms. The third-order valence-electron chi connectivity index (χ3n) is 19.8. The van der Waals surface area contributed by atoms with Crippen molar-refractivity contribution in [3.8, 4) is 69.2 Å².